The summed E-state index contributed by atoms with van der Waals surface area (Å²) in [6.07, 6.45) is 0.721. The van der Waals surface area contributed by atoms with Gasteiger partial charge < -0.3 is 15.0 Å². The van der Waals surface area contributed by atoms with Gasteiger partial charge in [-0.25, -0.2) is 8.42 Å². The number of halogens is 1. The van der Waals surface area contributed by atoms with Gasteiger partial charge in [-0.3, -0.25) is 13.9 Å². The zero-order chi connectivity index (χ0) is 30.2. The fraction of sp³-hybridized carbons (Fsp3) is 0.355. The standard InChI is InChI=1S/C31H38ClN3O5S/c1-6-23(4)33-31(37)24(5)34(20-25-10-8-9-11-29(25)32)30(36)21-35(26-14-12-22(3)13-15-26)41(38,39)28-18-16-27(17-19-28)40-7-2/h8-19,23-24H,6-7,20-21H2,1-5H3,(H,33,37)/t23-,24-/m0/s1. The first-order valence-corrected chi connectivity index (χ1v) is 15.4. The Balaban J connectivity index is 2.02. The Labute approximate surface area is 248 Å². The molecule has 0 fully saturated rings. The molecule has 0 saturated carbocycles. The molecule has 8 nitrogen and oxygen atoms in total. The van der Waals surface area contributed by atoms with E-state index in [4.69, 9.17) is 16.3 Å². The number of benzene rings is 3. The van der Waals surface area contributed by atoms with Crippen LogP contribution in [0.4, 0.5) is 5.69 Å². The predicted molar refractivity (Wildman–Crippen MR) is 163 cm³/mol. The van der Waals surface area contributed by atoms with Crippen LogP contribution < -0.4 is 14.4 Å². The lowest BCUT2D eigenvalue weighted by atomic mass is 10.1. The Hall–Kier alpha value is -3.56. The van der Waals surface area contributed by atoms with Crippen LogP contribution >= 0.6 is 11.6 Å². The van der Waals surface area contributed by atoms with E-state index in [2.05, 4.69) is 5.32 Å². The van der Waals surface area contributed by atoms with Gasteiger partial charge in [0.2, 0.25) is 11.8 Å². The fourth-order valence-electron chi connectivity index (χ4n) is 4.10. The first-order chi connectivity index (χ1) is 19.5. The molecular formula is C31H38ClN3O5S. The summed E-state index contributed by atoms with van der Waals surface area (Å²) in [7, 11) is -4.17. The molecule has 10 heteroatoms. The minimum Gasteiger partial charge on any atom is -0.494 e. The molecule has 0 saturated heterocycles. The maximum Gasteiger partial charge on any atom is 0.264 e. The number of ether oxygens (including phenoxy) is 1. The number of aryl methyl sites for hydroxylation is 1. The average Bonchev–Trinajstić information content (AvgIpc) is 2.96. The highest BCUT2D eigenvalue weighted by molar-refractivity contribution is 7.92. The minimum atomic E-state index is -4.17. The van der Waals surface area contributed by atoms with E-state index in [1.54, 1.807) is 67.6 Å². The van der Waals surface area contributed by atoms with Crippen LogP contribution in [0.25, 0.3) is 0 Å². The molecule has 220 valence electrons. The van der Waals surface area contributed by atoms with Gasteiger partial charge >= 0.3 is 0 Å². The number of carbonyl (C=O) groups is 2. The SMILES string of the molecule is CCOc1ccc(S(=O)(=O)N(CC(=O)N(Cc2ccccc2Cl)[C@@H](C)C(=O)N[C@@H](C)CC)c2ccc(C)cc2)cc1. The largest absolute Gasteiger partial charge is 0.494 e. The van der Waals surface area contributed by atoms with Crippen molar-refractivity contribution in [1.82, 2.24) is 10.2 Å². The minimum absolute atomic E-state index is 0.00884. The lowest BCUT2D eigenvalue weighted by Gasteiger charge is -2.32. The van der Waals surface area contributed by atoms with E-state index in [0.717, 1.165) is 16.3 Å². The quantitative estimate of drug-likeness (QED) is 0.277. The monoisotopic (exact) mass is 599 g/mol. The summed E-state index contributed by atoms with van der Waals surface area (Å²) >= 11 is 6.41. The smallest absolute Gasteiger partial charge is 0.264 e. The second kappa shape index (κ2) is 14.4. The molecule has 3 aromatic rings. The maximum absolute atomic E-state index is 14.0. The van der Waals surface area contributed by atoms with Crippen LogP contribution in [0.2, 0.25) is 5.02 Å². The molecule has 1 N–H and O–H groups in total. The van der Waals surface area contributed by atoms with Gasteiger partial charge in [-0.15, -0.1) is 0 Å². The molecule has 0 aliphatic carbocycles. The molecule has 2 atom stereocenters. The zero-order valence-corrected chi connectivity index (χ0v) is 25.7. The topological polar surface area (TPSA) is 96.0 Å². The number of anilines is 1. The molecule has 0 spiro atoms. The third-order valence-electron chi connectivity index (χ3n) is 6.79. The summed E-state index contributed by atoms with van der Waals surface area (Å²) < 4.78 is 34.5. The van der Waals surface area contributed by atoms with Crippen molar-refractivity contribution in [3.8, 4) is 5.75 Å². The normalized spacial score (nSPS) is 12.7. The summed E-state index contributed by atoms with van der Waals surface area (Å²) in [5, 5.41) is 3.36. The lowest BCUT2D eigenvalue weighted by Crippen LogP contribution is -2.52. The Morgan fingerprint density at radius 2 is 1.59 bits per heavy atom. The fourth-order valence-corrected chi connectivity index (χ4v) is 5.71. The molecule has 2 amide bonds. The maximum atomic E-state index is 14.0. The molecule has 0 bridgehead atoms. The van der Waals surface area contributed by atoms with Crippen molar-refractivity contribution in [3.05, 3.63) is 88.9 Å². The number of hydrogen-bond donors (Lipinski definition) is 1. The Bertz CT molecular complexity index is 1430. The number of nitrogens with zero attached hydrogens (tertiary/aromatic N) is 2. The molecule has 0 aliphatic rings. The average molecular weight is 600 g/mol. The summed E-state index contributed by atoms with van der Waals surface area (Å²) in [5.41, 5.74) is 1.91. The molecular weight excluding hydrogens is 562 g/mol. The molecule has 0 unspecified atom stereocenters. The van der Waals surface area contributed by atoms with Crippen molar-refractivity contribution < 1.29 is 22.7 Å². The molecule has 41 heavy (non-hydrogen) atoms. The molecule has 0 aliphatic heterocycles. The van der Waals surface area contributed by atoms with Crippen molar-refractivity contribution in [1.29, 1.82) is 0 Å². The van der Waals surface area contributed by atoms with Crippen LogP contribution in [-0.2, 0) is 26.2 Å². The summed E-state index contributed by atoms with van der Waals surface area (Å²) in [4.78, 5) is 28.5. The summed E-state index contributed by atoms with van der Waals surface area (Å²) in [5.74, 6) is -0.348. The number of carbonyl (C=O) groups excluding carboxylic acids is 2. The highest BCUT2D eigenvalue weighted by Gasteiger charge is 2.33. The van der Waals surface area contributed by atoms with Crippen LogP contribution in [0.15, 0.2) is 77.7 Å². The van der Waals surface area contributed by atoms with E-state index >= 15 is 0 Å². The van der Waals surface area contributed by atoms with Crippen molar-refractivity contribution in [2.24, 2.45) is 0 Å². The van der Waals surface area contributed by atoms with Crippen molar-refractivity contribution >= 4 is 39.1 Å². The molecule has 0 radical (unpaired) electrons. The van der Waals surface area contributed by atoms with Gasteiger partial charge in [0.05, 0.1) is 17.2 Å². The Morgan fingerprint density at radius 1 is 0.951 bits per heavy atom. The van der Waals surface area contributed by atoms with E-state index in [1.165, 1.54) is 17.0 Å². The van der Waals surface area contributed by atoms with Crippen LogP contribution in [-0.4, -0.2) is 50.4 Å². The molecule has 0 heterocycles. The predicted octanol–water partition coefficient (Wildman–Crippen LogP) is 5.57. The van der Waals surface area contributed by atoms with Crippen LogP contribution in [0, 0.1) is 6.92 Å². The van der Waals surface area contributed by atoms with Crippen molar-refractivity contribution in [2.75, 3.05) is 17.5 Å². The van der Waals surface area contributed by atoms with Gasteiger partial charge in [-0.2, -0.15) is 0 Å². The van der Waals surface area contributed by atoms with Crippen LogP contribution in [0.1, 0.15) is 45.2 Å². The van der Waals surface area contributed by atoms with Gasteiger partial charge in [0.25, 0.3) is 10.0 Å². The highest BCUT2D eigenvalue weighted by Crippen LogP contribution is 2.27. The number of sulfonamides is 1. The summed E-state index contributed by atoms with van der Waals surface area (Å²) in [6.45, 7) is 9.14. The van der Waals surface area contributed by atoms with E-state index in [1.807, 2.05) is 27.7 Å². The van der Waals surface area contributed by atoms with Gasteiger partial charge in [0, 0.05) is 17.6 Å². The first kappa shape index (κ1) is 32.0. The first-order valence-electron chi connectivity index (χ1n) is 13.6. The van der Waals surface area contributed by atoms with Gasteiger partial charge in [0.15, 0.2) is 0 Å². The number of rotatable bonds is 13. The second-order valence-corrected chi connectivity index (χ2v) is 12.1. The van der Waals surface area contributed by atoms with Crippen molar-refractivity contribution in [3.63, 3.8) is 0 Å². The Kier molecular flexibility index (Phi) is 11.2. The van der Waals surface area contributed by atoms with Gasteiger partial charge in [0.1, 0.15) is 18.3 Å². The zero-order valence-electron chi connectivity index (χ0n) is 24.1. The number of hydrogen-bond acceptors (Lipinski definition) is 5. The number of nitrogens with one attached hydrogen (secondary N) is 1. The lowest BCUT2D eigenvalue weighted by molar-refractivity contribution is -0.139. The molecule has 3 rings (SSSR count). The van der Waals surface area contributed by atoms with Gasteiger partial charge in [-0.05, 0) is 82.1 Å². The second-order valence-electron chi connectivity index (χ2n) is 9.86. The molecule has 3 aromatic carbocycles. The summed E-state index contributed by atoms with van der Waals surface area (Å²) in [6, 6.07) is 19.0. The van der Waals surface area contributed by atoms with E-state index < -0.39 is 28.5 Å². The van der Waals surface area contributed by atoms with Crippen molar-refractivity contribution in [2.45, 2.75) is 64.6 Å². The highest BCUT2D eigenvalue weighted by atomic mass is 35.5. The van der Waals surface area contributed by atoms with Gasteiger partial charge in [-0.1, -0.05) is 54.4 Å². The third kappa shape index (κ3) is 8.24. The van der Waals surface area contributed by atoms with Crippen LogP contribution in [0.5, 0.6) is 5.75 Å². The molecule has 0 aromatic heterocycles. The van der Waals surface area contributed by atoms with E-state index in [0.29, 0.717) is 28.6 Å². The third-order valence-corrected chi connectivity index (χ3v) is 8.95. The van der Waals surface area contributed by atoms with E-state index in [-0.39, 0.29) is 23.4 Å². The van der Waals surface area contributed by atoms with Crippen LogP contribution in [0.3, 0.4) is 0 Å². The number of amides is 2. The van der Waals surface area contributed by atoms with E-state index in [9.17, 15) is 18.0 Å². The Morgan fingerprint density at radius 3 is 2.17 bits per heavy atom.